The van der Waals surface area contributed by atoms with Crippen molar-refractivity contribution in [3.63, 3.8) is 0 Å². The second-order valence-corrected chi connectivity index (χ2v) is 8.15. The van der Waals surface area contributed by atoms with E-state index in [2.05, 4.69) is 9.69 Å². The van der Waals surface area contributed by atoms with Crippen LogP contribution in [0.3, 0.4) is 0 Å². The third-order valence-electron chi connectivity index (χ3n) is 5.19. The highest BCUT2D eigenvalue weighted by Gasteiger charge is 2.29. The molecule has 2 N–H and O–H groups in total. The number of carbonyl (C=O) groups is 1. The number of amides is 1. The predicted octanol–water partition coefficient (Wildman–Crippen LogP) is 3.50. The van der Waals surface area contributed by atoms with Crippen molar-refractivity contribution in [2.24, 2.45) is 0 Å². The summed E-state index contributed by atoms with van der Waals surface area (Å²) in [7, 11) is 0. The van der Waals surface area contributed by atoms with Crippen molar-refractivity contribution < 1.29 is 14.3 Å². The zero-order chi connectivity index (χ0) is 20.7. The van der Waals surface area contributed by atoms with E-state index >= 15 is 0 Å². The molecule has 0 aliphatic carbocycles. The lowest BCUT2D eigenvalue weighted by Crippen LogP contribution is -2.56. The quantitative estimate of drug-likeness (QED) is 0.675. The first kappa shape index (κ1) is 19.3. The van der Waals surface area contributed by atoms with Crippen molar-refractivity contribution in [1.82, 2.24) is 14.6 Å². The molecule has 3 aromatic rings. The Morgan fingerprint density at radius 1 is 1.38 bits per heavy atom. The summed E-state index contributed by atoms with van der Waals surface area (Å²) in [5, 5.41) is 23.1. The third-order valence-corrected chi connectivity index (χ3v) is 6.04. The average Bonchev–Trinajstić information content (AvgIpc) is 3.16. The number of piperazine rings is 1. The number of phenolic OH excluding ortho intramolecular Hbond substituents is 1. The van der Waals surface area contributed by atoms with Crippen LogP contribution in [-0.2, 0) is 0 Å². The number of aromatic nitrogens is 1. The molecule has 2 atom stereocenters. The smallest absolute Gasteiger partial charge is 0.255 e. The van der Waals surface area contributed by atoms with Gasteiger partial charge in [0.1, 0.15) is 17.6 Å². The number of fused-ring (bicyclic) bond motifs is 1. The van der Waals surface area contributed by atoms with Gasteiger partial charge in [0.05, 0.1) is 15.8 Å². The number of aromatic hydroxyl groups is 1. The molecular weight excluding hydrogens is 391 g/mol. The zero-order valence-electron chi connectivity index (χ0n) is 15.9. The molecule has 2 aromatic carbocycles. The largest absolute Gasteiger partial charge is 0.508 e. The summed E-state index contributed by atoms with van der Waals surface area (Å²) in [6, 6.07) is 7.65. The van der Waals surface area contributed by atoms with Gasteiger partial charge in [-0.3, -0.25) is 4.79 Å². The Hall–Kier alpha value is -3.02. The number of phenols is 1. The Labute approximate surface area is 171 Å². The van der Waals surface area contributed by atoms with Gasteiger partial charge >= 0.3 is 0 Å². The van der Waals surface area contributed by atoms with E-state index in [1.807, 2.05) is 24.8 Å². The van der Waals surface area contributed by atoms with Gasteiger partial charge in [0, 0.05) is 48.4 Å². The monoisotopic (exact) mass is 410 g/mol. The SMILES string of the molecule is C[C@@H]1CN(C(=O)c2cc(-c3c(F)cc(O)cc3C#N)cc3cnsc23)[C@@H](C)CN1. The first-order valence-electron chi connectivity index (χ1n) is 9.24. The summed E-state index contributed by atoms with van der Waals surface area (Å²) >= 11 is 1.22. The van der Waals surface area contributed by atoms with E-state index in [1.54, 1.807) is 18.3 Å². The zero-order valence-corrected chi connectivity index (χ0v) is 16.8. The third kappa shape index (κ3) is 3.43. The van der Waals surface area contributed by atoms with Crippen LogP contribution in [0.4, 0.5) is 4.39 Å². The molecule has 1 aromatic heterocycles. The van der Waals surface area contributed by atoms with Gasteiger partial charge in [-0.1, -0.05) is 0 Å². The van der Waals surface area contributed by atoms with Crippen LogP contribution in [0, 0.1) is 17.1 Å². The summed E-state index contributed by atoms with van der Waals surface area (Å²) in [5.41, 5.74) is 0.921. The summed E-state index contributed by atoms with van der Waals surface area (Å²) in [6.45, 7) is 5.28. The lowest BCUT2D eigenvalue weighted by atomic mass is 9.95. The molecule has 0 bridgehead atoms. The van der Waals surface area contributed by atoms with Gasteiger partial charge in [0.15, 0.2) is 0 Å². The lowest BCUT2D eigenvalue weighted by molar-refractivity contribution is 0.0618. The maximum Gasteiger partial charge on any atom is 0.255 e. The van der Waals surface area contributed by atoms with Crippen molar-refractivity contribution in [2.45, 2.75) is 25.9 Å². The van der Waals surface area contributed by atoms with Crippen molar-refractivity contribution in [1.29, 1.82) is 5.26 Å². The van der Waals surface area contributed by atoms with Crippen LogP contribution in [0.15, 0.2) is 30.5 Å². The molecule has 1 aliphatic rings. The van der Waals surface area contributed by atoms with E-state index in [9.17, 15) is 19.6 Å². The standard InChI is InChI=1S/C21H19FN4O2S/c1-11-10-26(12(2)8-24-11)21(28)17-5-13(3-15-9-25-29-20(15)17)19-14(7-23)4-16(27)6-18(19)22/h3-6,9,11-12,24,27H,8,10H2,1-2H3/t11-,12+/m1/s1. The molecule has 29 heavy (non-hydrogen) atoms. The van der Waals surface area contributed by atoms with Crippen LogP contribution in [0.5, 0.6) is 5.75 Å². The lowest BCUT2D eigenvalue weighted by Gasteiger charge is -2.37. The van der Waals surface area contributed by atoms with Gasteiger partial charge in [0.2, 0.25) is 0 Å². The molecule has 1 aliphatic heterocycles. The number of nitrogens with one attached hydrogen (secondary N) is 1. The molecule has 0 saturated carbocycles. The molecule has 8 heteroatoms. The molecule has 0 unspecified atom stereocenters. The number of halogens is 1. The number of nitriles is 1. The van der Waals surface area contributed by atoms with Crippen molar-refractivity contribution in [2.75, 3.05) is 13.1 Å². The van der Waals surface area contributed by atoms with E-state index in [-0.39, 0.29) is 34.9 Å². The molecule has 4 rings (SSSR count). The van der Waals surface area contributed by atoms with E-state index in [0.29, 0.717) is 29.6 Å². The number of hydrogen-bond acceptors (Lipinski definition) is 6. The Bertz CT molecular complexity index is 1150. The Morgan fingerprint density at radius 3 is 2.93 bits per heavy atom. The molecule has 0 spiro atoms. The predicted molar refractivity (Wildman–Crippen MR) is 109 cm³/mol. The number of hydrogen-bond donors (Lipinski definition) is 2. The summed E-state index contributed by atoms with van der Waals surface area (Å²) in [4.78, 5) is 15.2. The Balaban J connectivity index is 1.88. The summed E-state index contributed by atoms with van der Waals surface area (Å²) in [6.07, 6.45) is 1.63. The maximum atomic E-state index is 14.7. The molecule has 148 valence electrons. The average molecular weight is 410 g/mol. The van der Waals surface area contributed by atoms with Crippen LogP contribution in [0.1, 0.15) is 29.8 Å². The summed E-state index contributed by atoms with van der Waals surface area (Å²) < 4.78 is 19.6. The molecule has 1 saturated heterocycles. The van der Waals surface area contributed by atoms with Gasteiger partial charge in [-0.2, -0.15) is 9.64 Å². The first-order chi connectivity index (χ1) is 13.9. The topological polar surface area (TPSA) is 89.3 Å². The number of rotatable bonds is 2. The van der Waals surface area contributed by atoms with Crippen molar-refractivity contribution in [3.8, 4) is 22.9 Å². The number of benzene rings is 2. The highest BCUT2D eigenvalue weighted by molar-refractivity contribution is 7.13. The Kier molecular flexibility index (Phi) is 4.94. The van der Waals surface area contributed by atoms with Gasteiger partial charge in [-0.25, -0.2) is 4.39 Å². The highest BCUT2D eigenvalue weighted by Crippen LogP contribution is 2.35. The fourth-order valence-electron chi connectivity index (χ4n) is 3.72. The normalized spacial score (nSPS) is 19.3. The molecule has 2 heterocycles. The van der Waals surface area contributed by atoms with Gasteiger partial charge < -0.3 is 15.3 Å². The van der Waals surface area contributed by atoms with E-state index < -0.39 is 5.82 Å². The van der Waals surface area contributed by atoms with Crippen molar-refractivity contribution >= 4 is 27.5 Å². The second-order valence-electron chi connectivity index (χ2n) is 7.35. The van der Waals surface area contributed by atoms with Crippen LogP contribution in [-0.4, -0.2) is 45.5 Å². The minimum atomic E-state index is -0.716. The minimum Gasteiger partial charge on any atom is -0.508 e. The van der Waals surface area contributed by atoms with Gasteiger partial charge in [-0.15, -0.1) is 0 Å². The van der Waals surface area contributed by atoms with E-state index in [0.717, 1.165) is 10.8 Å². The Morgan fingerprint density at radius 2 is 2.17 bits per heavy atom. The fraction of sp³-hybridized carbons (Fsp3) is 0.286. The molecular formula is C21H19FN4O2S. The van der Waals surface area contributed by atoms with E-state index in [4.69, 9.17) is 0 Å². The van der Waals surface area contributed by atoms with Crippen LogP contribution >= 0.6 is 11.5 Å². The van der Waals surface area contributed by atoms with Crippen molar-refractivity contribution in [3.05, 3.63) is 47.4 Å². The fourth-order valence-corrected chi connectivity index (χ4v) is 4.45. The van der Waals surface area contributed by atoms with Crippen LogP contribution < -0.4 is 5.32 Å². The molecule has 1 amide bonds. The first-order valence-corrected chi connectivity index (χ1v) is 10.0. The highest BCUT2D eigenvalue weighted by atomic mass is 32.1. The van der Waals surface area contributed by atoms with Crippen LogP contribution in [0.25, 0.3) is 21.2 Å². The van der Waals surface area contributed by atoms with Crippen LogP contribution in [0.2, 0.25) is 0 Å². The maximum absolute atomic E-state index is 14.7. The second kappa shape index (κ2) is 7.43. The molecule has 6 nitrogen and oxygen atoms in total. The summed E-state index contributed by atoms with van der Waals surface area (Å²) in [5.74, 6) is -1.17. The number of nitrogens with zero attached hydrogens (tertiary/aromatic N) is 3. The van der Waals surface area contributed by atoms with Gasteiger partial charge in [0.25, 0.3) is 5.91 Å². The van der Waals surface area contributed by atoms with Gasteiger partial charge in [-0.05, 0) is 49.1 Å². The minimum absolute atomic E-state index is 0.00704. The van der Waals surface area contributed by atoms with E-state index in [1.165, 1.54) is 17.6 Å². The molecule has 0 radical (unpaired) electrons. The number of carbonyl (C=O) groups excluding carboxylic acids is 1. The molecule has 1 fully saturated rings.